The van der Waals surface area contributed by atoms with E-state index in [1.807, 2.05) is 27.7 Å². The summed E-state index contributed by atoms with van der Waals surface area (Å²) in [6.07, 6.45) is 0.345. The second kappa shape index (κ2) is 11.3. The van der Waals surface area contributed by atoms with Crippen LogP contribution in [0.1, 0.15) is 40.5 Å². The molecule has 16 heavy (non-hydrogen) atoms. The van der Waals surface area contributed by atoms with Gasteiger partial charge in [-0.15, -0.1) is 0 Å². The molecule has 0 aliphatic heterocycles. The largest absolute Gasteiger partial charge is 0.394 e. The Morgan fingerprint density at radius 2 is 0.938 bits per heavy atom. The van der Waals surface area contributed by atoms with Crippen LogP contribution in [0.2, 0.25) is 0 Å². The predicted molar refractivity (Wildman–Crippen MR) is 65.1 cm³/mol. The van der Waals surface area contributed by atoms with E-state index in [-0.39, 0.29) is 13.2 Å². The lowest BCUT2D eigenvalue weighted by Gasteiger charge is -2.08. The first-order valence-electron chi connectivity index (χ1n) is 5.91. The molecule has 4 heteroatoms. The third kappa shape index (κ3) is 16.3. The summed E-state index contributed by atoms with van der Waals surface area (Å²) in [5.74, 6) is 0.939. The Balaban J connectivity index is 0. The molecule has 4 nitrogen and oxygen atoms in total. The molecule has 0 bridgehead atoms. The summed E-state index contributed by atoms with van der Waals surface area (Å²) in [5.41, 5.74) is 0. The molecule has 0 aromatic rings. The summed E-state index contributed by atoms with van der Waals surface area (Å²) >= 11 is 0. The van der Waals surface area contributed by atoms with Gasteiger partial charge in [-0.25, -0.2) is 0 Å². The third-order valence-electron chi connectivity index (χ3n) is 1.91. The minimum absolute atomic E-state index is 0.113. The summed E-state index contributed by atoms with van der Waals surface area (Å²) in [7, 11) is 0. The lowest BCUT2D eigenvalue weighted by molar-refractivity contribution is 0.0781. The lowest BCUT2D eigenvalue weighted by Crippen LogP contribution is -2.14. The van der Waals surface area contributed by atoms with Crippen LogP contribution in [0, 0.1) is 11.8 Å². The fourth-order valence-electron chi connectivity index (χ4n) is 1.24. The minimum atomic E-state index is -0.519. The zero-order chi connectivity index (χ0) is 13.1. The van der Waals surface area contributed by atoms with E-state index in [2.05, 4.69) is 0 Å². The van der Waals surface area contributed by atoms with Crippen molar-refractivity contribution in [3.63, 3.8) is 0 Å². The average Bonchev–Trinajstić information content (AvgIpc) is 2.16. The average molecular weight is 236 g/mol. The van der Waals surface area contributed by atoms with Crippen molar-refractivity contribution >= 4 is 0 Å². The van der Waals surface area contributed by atoms with Crippen LogP contribution in [0.3, 0.4) is 0 Å². The lowest BCUT2D eigenvalue weighted by atomic mass is 10.1. The summed E-state index contributed by atoms with van der Waals surface area (Å²) in [5, 5.41) is 34.2. The molecule has 0 saturated heterocycles. The molecule has 0 saturated carbocycles. The second-order valence-corrected chi connectivity index (χ2v) is 4.93. The van der Waals surface area contributed by atoms with E-state index >= 15 is 0 Å². The maximum absolute atomic E-state index is 8.78. The zero-order valence-electron chi connectivity index (χ0n) is 10.9. The van der Waals surface area contributed by atoms with E-state index in [0.717, 1.165) is 0 Å². The fourth-order valence-corrected chi connectivity index (χ4v) is 1.24. The first-order chi connectivity index (χ1) is 7.33. The summed E-state index contributed by atoms with van der Waals surface area (Å²) < 4.78 is 0. The Hall–Kier alpha value is -0.160. The Bertz CT molecular complexity index is 121. The smallest absolute Gasteiger partial charge is 0.0773 e. The first kappa shape index (κ1) is 18.2. The van der Waals surface area contributed by atoms with Gasteiger partial charge in [-0.1, -0.05) is 27.7 Å². The van der Waals surface area contributed by atoms with E-state index < -0.39 is 12.2 Å². The molecule has 0 radical (unpaired) electrons. The molecule has 0 heterocycles. The number of aliphatic hydroxyl groups excluding tert-OH is 4. The Morgan fingerprint density at radius 3 is 1.00 bits per heavy atom. The molecule has 0 rings (SSSR count). The van der Waals surface area contributed by atoms with Gasteiger partial charge in [0.15, 0.2) is 0 Å². The van der Waals surface area contributed by atoms with Crippen LogP contribution >= 0.6 is 0 Å². The quantitative estimate of drug-likeness (QED) is 0.549. The molecule has 0 aliphatic carbocycles. The van der Waals surface area contributed by atoms with Crippen LogP contribution in [0.25, 0.3) is 0 Å². The van der Waals surface area contributed by atoms with Crippen molar-refractivity contribution in [2.24, 2.45) is 11.8 Å². The zero-order valence-corrected chi connectivity index (χ0v) is 10.9. The van der Waals surface area contributed by atoms with Gasteiger partial charge in [-0.2, -0.15) is 0 Å². The highest BCUT2D eigenvalue weighted by molar-refractivity contribution is 4.55. The molecule has 2 unspecified atom stereocenters. The Labute approximate surface area is 98.9 Å². The Kier molecular flexibility index (Phi) is 12.9. The SMILES string of the molecule is CC(C)CC(O)CO.CC(C)CC(O)CO. The summed E-state index contributed by atoms with van der Waals surface area (Å²) in [6, 6.07) is 0. The highest BCUT2D eigenvalue weighted by atomic mass is 16.3. The summed E-state index contributed by atoms with van der Waals surface area (Å²) in [6.45, 7) is 7.83. The minimum Gasteiger partial charge on any atom is -0.394 e. The highest BCUT2D eigenvalue weighted by Gasteiger charge is 2.03. The second-order valence-electron chi connectivity index (χ2n) is 4.93. The molecule has 0 amide bonds. The molecule has 100 valence electrons. The number of aliphatic hydroxyl groups is 4. The predicted octanol–water partition coefficient (Wildman–Crippen LogP) is 0.771. The number of hydrogen-bond acceptors (Lipinski definition) is 4. The van der Waals surface area contributed by atoms with E-state index in [9.17, 15) is 0 Å². The topological polar surface area (TPSA) is 80.9 Å². The molecule has 0 fully saturated rings. The van der Waals surface area contributed by atoms with Gasteiger partial charge in [0.05, 0.1) is 25.4 Å². The van der Waals surface area contributed by atoms with Crippen molar-refractivity contribution in [2.45, 2.75) is 52.7 Å². The fraction of sp³-hybridized carbons (Fsp3) is 1.00. The van der Waals surface area contributed by atoms with Crippen LogP contribution in [0.15, 0.2) is 0 Å². The van der Waals surface area contributed by atoms with Crippen molar-refractivity contribution in [3.8, 4) is 0 Å². The molecule has 0 aromatic carbocycles. The first-order valence-corrected chi connectivity index (χ1v) is 5.91. The van der Waals surface area contributed by atoms with Gasteiger partial charge in [0.25, 0.3) is 0 Å². The molecule has 0 aliphatic rings. The van der Waals surface area contributed by atoms with Crippen molar-refractivity contribution in [1.82, 2.24) is 0 Å². The summed E-state index contributed by atoms with van der Waals surface area (Å²) in [4.78, 5) is 0. The van der Waals surface area contributed by atoms with Crippen LogP contribution < -0.4 is 0 Å². The molecular weight excluding hydrogens is 208 g/mol. The molecule has 2 atom stereocenters. The maximum atomic E-state index is 8.78. The van der Waals surface area contributed by atoms with Crippen molar-refractivity contribution in [1.29, 1.82) is 0 Å². The van der Waals surface area contributed by atoms with Gasteiger partial charge in [0.1, 0.15) is 0 Å². The van der Waals surface area contributed by atoms with Crippen LogP contribution in [0.4, 0.5) is 0 Å². The van der Waals surface area contributed by atoms with Gasteiger partial charge < -0.3 is 20.4 Å². The van der Waals surface area contributed by atoms with Gasteiger partial charge in [-0.3, -0.25) is 0 Å². The molecular formula is C12H28O4. The van der Waals surface area contributed by atoms with E-state index in [1.54, 1.807) is 0 Å². The molecule has 4 N–H and O–H groups in total. The van der Waals surface area contributed by atoms with Crippen molar-refractivity contribution in [2.75, 3.05) is 13.2 Å². The van der Waals surface area contributed by atoms with Crippen LogP contribution in [-0.4, -0.2) is 45.8 Å². The normalized spacial score (nSPS) is 14.6. The van der Waals surface area contributed by atoms with Crippen molar-refractivity contribution < 1.29 is 20.4 Å². The number of hydrogen-bond donors (Lipinski definition) is 4. The molecule has 0 aromatic heterocycles. The van der Waals surface area contributed by atoms with Crippen molar-refractivity contribution in [3.05, 3.63) is 0 Å². The number of rotatable bonds is 6. The van der Waals surface area contributed by atoms with Crippen LogP contribution in [0.5, 0.6) is 0 Å². The Morgan fingerprint density at radius 1 is 0.688 bits per heavy atom. The monoisotopic (exact) mass is 236 g/mol. The maximum Gasteiger partial charge on any atom is 0.0773 e. The third-order valence-corrected chi connectivity index (χ3v) is 1.91. The van der Waals surface area contributed by atoms with E-state index in [1.165, 1.54) is 0 Å². The highest BCUT2D eigenvalue weighted by Crippen LogP contribution is 2.03. The van der Waals surface area contributed by atoms with Gasteiger partial charge in [0, 0.05) is 0 Å². The van der Waals surface area contributed by atoms with E-state index in [0.29, 0.717) is 24.7 Å². The van der Waals surface area contributed by atoms with E-state index in [4.69, 9.17) is 20.4 Å². The molecule has 0 spiro atoms. The van der Waals surface area contributed by atoms with Gasteiger partial charge >= 0.3 is 0 Å². The standard InChI is InChI=1S/2C6H14O2/c2*1-5(2)3-6(8)4-7/h2*5-8H,3-4H2,1-2H3. The van der Waals surface area contributed by atoms with Crippen LogP contribution in [-0.2, 0) is 0 Å². The van der Waals surface area contributed by atoms with Gasteiger partial charge in [0.2, 0.25) is 0 Å². The van der Waals surface area contributed by atoms with Gasteiger partial charge in [-0.05, 0) is 24.7 Å².